The van der Waals surface area contributed by atoms with E-state index in [4.69, 9.17) is 0 Å². The van der Waals surface area contributed by atoms with Crippen molar-refractivity contribution in [2.45, 2.75) is 32.9 Å². The zero-order chi connectivity index (χ0) is 15.6. The minimum atomic E-state index is -0.430. The topological polar surface area (TPSA) is 12.0 Å². The summed E-state index contributed by atoms with van der Waals surface area (Å²) in [6.45, 7) is 5.20. The van der Waals surface area contributed by atoms with E-state index in [1.54, 1.807) is 19.1 Å². The van der Waals surface area contributed by atoms with Crippen molar-refractivity contribution >= 4 is 0 Å². The average molecular weight is 293 g/mol. The quantitative estimate of drug-likeness (QED) is 0.852. The van der Waals surface area contributed by atoms with Gasteiger partial charge >= 0.3 is 0 Å². The Morgan fingerprint density at radius 1 is 0.857 bits per heavy atom. The van der Waals surface area contributed by atoms with Crippen LogP contribution in [0, 0.1) is 24.4 Å². The predicted octanol–water partition coefficient (Wildman–Crippen LogP) is 4.82. The van der Waals surface area contributed by atoms with Gasteiger partial charge in [-0.1, -0.05) is 12.1 Å². The van der Waals surface area contributed by atoms with Crippen LogP contribution >= 0.6 is 0 Å². The van der Waals surface area contributed by atoms with E-state index in [-0.39, 0.29) is 29.0 Å². The zero-order valence-corrected chi connectivity index (χ0v) is 12.3. The smallest absolute Gasteiger partial charge is 0.128 e. The fraction of sp³-hybridized carbons (Fsp3) is 0.294. The van der Waals surface area contributed by atoms with Crippen molar-refractivity contribution in [3.63, 3.8) is 0 Å². The highest BCUT2D eigenvalue weighted by Gasteiger charge is 2.16. The average Bonchev–Trinajstić information content (AvgIpc) is 2.43. The van der Waals surface area contributed by atoms with Crippen LogP contribution in [0.15, 0.2) is 36.4 Å². The summed E-state index contributed by atoms with van der Waals surface area (Å²) in [6.07, 6.45) is 0. The number of hydrogen-bond acceptors (Lipinski definition) is 1. The lowest BCUT2D eigenvalue weighted by Gasteiger charge is -2.21. The Balaban J connectivity index is 2.15. The maximum absolute atomic E-state index is 13.9. The summed E-state index contributed by atoms with van der Waals surface area (Å²) in [4.78, 5) is 0. The summed E-state index contributed by atoms with van der Waals surface area (Å²) >= 11 is 0. The van der Waals surface area contributed by atoms with Crippen LogP contribution in [0.1, 0.15) is 42.6 Å². The van der Waals surface area contributed by atoms with Crippen molar-refractivity contribution in [3.05, 3.63) is 70.5 Å². The van der Waals surface area contributed by atoms with Crippen LogP contribution in [0.25, 0.3) is 0 Å². The van der Waals surface area contributed by atoms with Crippen molar-refractivity contribution in [1.29, 1.82) is 0 Å². The number of halogens is 3. The number of rotatable bonds is 4. The van der Waals surface area contributed by atoms with Gasteiger partial charge in [-0.3, -0.25) is 0 Å². The van der Waals surface area contributed by atoms with Crippen molar-refractivity contribution < 1.29 is 13.2 Å². The van der Waals surface area contributed by atoms with E-state index in [0.717, 1.165) is 5.56 Å². The molecule has 2 atom stereocenters. The van der Waals surface area contributed by atoms with Gasteiger partial charge in [-0.2, -0.15) is 0 Å². The van der Waals surface area contributed by atoms with Crippen LogP contribution in [0.3, 0.4) is 0 Å². The molecule has 1 N–H and O–H groups in total. The Bertz CT molecular complexity index is 623. The third-order valence-electron chi connectivity index (χ3n) is 3.61. The first-order valence-electron chi connectivity index (χ1n) is 6.85. The summed E-state index contributed by atoms with van der Waals surface area (Å²) in [5.74, 6) is -1.15. The molecule has 112 valence electrons. The van der Waals surface area contributed by atoms with Crippen LogP contribution in [0.5, 0.6) is 0 Å². The Morgan fingerprint density at radius 2 is 1.48 bits per heavy atom. The summed E-state index contributed by atoms with van der Waals surface area (Å²) in [6, 6.07) is 8.06. The van der Waals surface area contributed by atoms with Gasteiger partial charge in [-0.05, 0) is 56.2 Å². The molecular formula is C17H18F3N. The first-order valence-corrected chi connectivity index (χ1v) is 6.85. The molecule has 0 saturated carbocycles. The lowest BCUT2D eigenvalue weighted by molar-refractivity contribution is 0.468. The first-order chi connectivity index (χ1) is 9.88. The van der Waals surface area contributed by atoms with Crippen LogP contribution in [-0.2, 0) is 0 Å². The maximum Gasteiger partial charge on any atom is 0.128 e. The summed E-state index contributed by atoms with van der Waals surface area (Å²) in [5.41, 5.74) is 1.46. The van der Waals surface area contributed by atoms with Crippen LogP contribution in [-0.4, -0.2) is 0 Å². The monoisotopic (exact) mass is 293 g/mol. The van der Waals surface area contributed by atoms with E-state index in [1.165, 1.54) is 31.2 Å². The second-order valence-corrected chi connectivity index (χ2v) is 5.28. The Kier molecular flexibility index (Phi) is 4.68. The minimum absolute atomic E-state index is 0.107. The number of aryl methyl sites for hydroxylation is 1. The second kappa shape index (κ2) is 6.31. The standard InChI is InChI=1S/C17H18F3N/c1-10-8-17(20)15(9-16(10)19)12(3)21-11(2)13-4-6-14(18)7-5-13/h4-9,11-12,21H,1-3H3/t11-,12?/m0/s1. The highest BCUT2D eigenvalue weighted by Crippen LogP contribution is 2.24. The van der Waals surface area contributed by atoms with Gasteiger partial charge in [0, 0.05) is 17.6 Å². The molecule has 0 aliphatic heterocycles. The second-order valence-electron chi connectivity index (χ2n) is 5.28. The van der Waals surface area contributed by atoms with Crippen LogP contribution < -0.4 is 5.32 Å². The van der Waals surface area contributed by atoms with Gasteiger partial charge in [0.1, 0.15) is 17.5 Å². The Morgan fingerprint density at radius 3 is 2.10 bits per heavy atom. The van der Waals surface area contributed by atoms with E-state index in [0.29, 0.717) is 0 Å². The SMILES string of the molecule is Cc1cc(F)c(C(C)N[C@@H](C)c2ccc(F)cc2)cc1F. The van der Waals surface area contributed by atoms with Gasteiger partial charge in [0.25, 0.3) is 0 Å². The van der Waals surface area contributed by atoms with Gasteiger partial charge in [0.05, 0.1) is 0 Å². The number of benzene rings is 2. The third-order valence-corrected chi connectivity index (χ3v) is 3.61. The molecular weight excluding hydrogens is 275 g/mol. The summed E-state index contributed by atoms with van der Waals surface area (Å²) in [7, 11) is 0. The molecule has 2 rings (SSSR count). The molecule has 2 aromatic rings. The maximum atomic E-state index is 13.9. The van der Waals surface area contributed by atoms with E-state index in [9.17, 15) is 13.2 Å². The molecule has 0 aliphatic rings. The molecule has 2 aromatic carbocycles. The predicted molar refractivity (Wildman–Crippen MR) is 77.5 cm³/mol. The molecule has 0 amide bonds. The van der Waals surface area contributed by atoms with Gasteiger partial charge in [0.15, 0.2) is 0 Å². The molecule has 21 heavy (non-hydrogen) atoms. The van der Waals surface area contributed by atoms with Gasteiger partial charge in [0.2, 0.25) is 0 Å². The fourth-order valence-electron chi connectivity index (χ4n) is 2.31. The molecule has 1 unspecified atom stereocenters. The lowest BCUT2D eigenvalue weighted by Crippen LogP contribution is -2.23. The van der Waals surface area contributed by atoms with Gasteiger partial charge < -0.3 is 5.32 Å². The molecule has 0 bridgehead atoms. The lowest BCUT2D eigenvalue weighted by atomic mass is 10.0. The van der Waals surface area contributed by atoms with E-state index >= 15 is 0 Å². The minimum Gasteiger partial charge on any atom is -0.304 e. The van der Waals surface area contributed by atoms with Crippen LogP contribution in [0.2, 0.25) is 0 Å². The number of nitrogens with one attached hydrogen (secondary N) is 1. The van der Waals surface area contributed by atoms with Gasteiger partial charge in [-0.15, -0.1) is 0 Å². The van der Waals surface area contributed by atoms with E-state index in [1.807, 2.05) is 6.92 Å². The molecule has 0 spiro atoms. The molecule has 0 heterocycles. The zero-order valence-electron chi connectivity index (χ0n) is 12.3. The molecule has 0 fully saturated rings. The molecule has 0 aliphatic carbocycles. The Labute approximate surface area is 122 Å². The summed E-state index contributed by atoms with van der Waals surface area (Å²) in [5, 5.41) is 3.19. The Hall–Kier alpha value is -1.81. The molecule has 0 radical (unpaired) electrons. The van der Waals surface area contributed by atoms with Crippen molar-refractivity contribution in [1.82, 2.24) is 5.32 Å². The molecule has 4 heteroatoms. The third kappa shape index (κ3) is 3.64. The highest BCUT2D eigenvalue weighted by molar-refractivity contribution is 5.28. The highest BCUT2D eigenvalue weighted by atomic mass is 19.1. The largest absolute Gasteiger partial charge is 0.304 e. The van der Waals surface area contributed by atoms with E-state index in [2.05, 4.69) is 5.32 Å². The van der Waals surface area contributed by atoms with Crippen molar-refractivity contribution in [3.8, 4) is 0 Å². The summed E-state index contributed by atoms with van der Waals surface area (Å²) < 4.78 is 40.4. The first kappa shape index (κ1) is 15.6. The molecule has 0 aromatic heterocycles. The van der Waals surface area contributed by atoms with Crippen molar-refractivity contribution in [2.24, 2.45) is 0 Å². The van der Waals surface area contributed by atoms with Crippen molar-refractivity contribution in [2.75, 3.05) is 0 Å². The molecule has 1 nitrogen and oxygen atoms in total. The van der Waals surface area contributed by atoms with E-state index < -0.39 is 11.6 Å². The molecule has 0 saturated heterocycles. The fourth-order valence-corrected chi connectivity index (χ4v) is 2.31. The van der Waals surface area contributed by atoms with Crippen LogP contribution in [0.4, 0.5) is 13.2 Å². The number of hydrogen-bond donors (Lipinski definition) is 1. The van der Waals surface area contributed by atoms with Gasteiger partial charge in [-0.25, -0.2) is 13.2 Å². The normalized spacial score (nSPS) is 14.0.